The molecule has 0 atom stereocenters. The van der Waals surface area contributed by atoms with Gasteiger partial charge in [-0.1, -0.05) is 18.5 Å². The number of nitrogens with zero attached hydrogens (tertiary/aromatic N) is 1. The first-order valence-corrected chi connectivity index (χ1v) is 8.28. The smallest absolute Gasteiger partial charge is 0.312 e. The van der Waals surface area contributed by atoms with Crippen molar-refractivity contribution in [2.75, 3.05) is 11.9 Å². The Morgan fingerprint density at radius 3 is 2.50 bits per heavy atom. The summed E-state index contributed by atoms with van der Waals surface area (Å²) in [6.45, 7) is 1.55. The molecule has 0 fully saturated rings. The molecule has 0 saturated heterocycles. The van der Waals surface area contributed by atoms with Gasteiger partial charge in [0, 0.05) is 28.8 Å². The first-order valence-electron chi connectivity index (χ1n) is 7.90. The first kappa shape index (κ1) is 19.4. The normalized spacial score (nSPS) is 10.2. The maximum Gasteiger partial charge on any atom is 0.312 e. The second-order valence-corrected chi connectivity index (χ2v) is 5.89. The minimum Gasteiger partial charge on any atom is -0.478 e. The molecule has 2 aromatic rings. The van der Waals surface area contributed by atoms with E-state index in [1.165, 1.54) is 12.1 Å². The summed E-state index contributed by atoms with van der Waals surface area (Å²) >= 11 is 5.73. The second-order valence-electron chi connectivity index (χ2n) is 5.46. The van der Waals surface area contributed by atoms with Gasteiger partial charge in [0.2, 0.25) is 5.91 Å². The van der Waals surface area contributed by atoms with E-state index in [2.05, 4.69) is 5.32 Å². The quantitative estimate of drug-likeness (QED) is 0.422. The minimum atomic E-state index is -0.626. The molecule has 0 heterocycles. The molecule has 26 heavy (non-hydrogen) atoms. The molecule has 0 aliphatic heterocycles. The van der Waals surface area contributed by atoms with Gasteiger partial charge in [-0.05, 0) is 42.8 Å². The van der Waals surface area contributed by atoms with Crippen molar-refractivity contribution in [3.63, 3.8) is 0 Å². The monoisotopic (exact) mass is 376 g/mol. The number of nitrogens with one attached hydrogen (secondary N) is 1. The van der Waals surface area contributed by atoms with E-state index < -0.39 is 4.92 Å². The molecule has 2 aromatic carbocycles. The van der Waals surface area contributed by atoms with Gasteiger partial charge in [-0.25, -0.2) is 0 Å². The van der Waals surface area contributed by atoms with Crippen LogP contribution in [0.25, 0.3) is 0 Å². The van der Waals surface area contributed by atoms with Crippen LogP contribution in [0.3, 0.4) is 0 Å². The van der Waals surface area contributed by atoms with Crippen LogP contribution in [0, 0.1) is 10.1 Å². The highest BCUT2D eigenvalue weighted by molar-refractivity contribution is 6.30. The third-order valence-corrected chi connectivity index (χ3v) is 3.68. The van der Waals surface area contributed by atoms with E-state index in [9.17, 15) is 19.7 Å². The molecular formula is C18H17ClN2O5. The molecule has 0 aromatic heterocycles. The number of ketones is 1. The summed E-state index contributed by atoms with van der Waals surface area (Å²) in [5.74, 6) is -0.471. The van der Waals surface area contributed by atoms with Gasteiger partial charge < -0.3 is 10.1 Å². The molecule has 7 nitrogen and oxygen atoms in total. The Morgan fingerprint density at radius 2 is 1.88 bits per heavy atom. The third-order valence-electron chi connectivity index (χ3n) is 3.44. The lowest BCUT2D eigenvalue weighted by atomic mass is 10.1. The highest BCUT2D eigenvalue weighted by Crippen LogP contribution is 2.30. The van der Waals surface area contributed by atoms with Crippen LogP contribution in [-0.4, -0.2) is 23.2 Å². The summed E-state index contributed by atoms with van der Waals surface area (Å²) < 4.78 is 5.28. The summed E-state index contributed by atoms with van der Waals surface area (Å²) in [7, 11) is 0. The van der Waals surface area contributed by atoms with Gasteiger partial charge in [0.25, 0.3) is 0 Å². The number of benzene rings is 2. The molecule has 1 N–H and O–H groups in total. The maximum absolute atomic E-state index is 12.2. The van der Waals surface area contributed by atoms with Gasteiger partial charge in [-0.3, -0.25) is 19.7 Å². The van der Waals surface area contributed by atoms with Crippen molar-refractivity contribution in [2.24, 2.45) is 0 Å². The van der Waals surface area contributed by atoms with Crippen LogP contribution in [0.4, 0.5) is 11.4 Å². The molecule has 0 bridgehead atoms. The van der Waals surface area contributed by atoms with Crippen molar-refractivity contribution in [1.82, 2.24) is 0 Å². The Labute approximate surface area is 155 Å². The molecule has 0 unspecified atom stereocenters. The van der Waals surface area contributed by atoms with Gasteiger partial charge in [-0.2, -0.15) is 0 Å². The molecule has 0 saturated carbocycles. The number of hydrogen-bond donors (Lipinski definition) is 1. The number of amides is 1. The van der Waals surface area contributed by atoms with Gasteiger partial charge in [0.05, 0.1) is 4.92 Å². The highest BCUT2D eigenvalue weighted by Gasteiger charge is 2.17. The number of carbonyl (C=O) groups is 2. The number of Topliss-reactive ketones (excluding diaryl/α,β-unsaturated/α-hetero) is 1. The van der Waals surface area contributed by atoms with Gasteiger partial charge in [-0.15, -0.1) is 0 Å². The van der Waals surface area contributed by atoms with Gasteiger partial charge >= 0.3 is 5.69 Å². The lowest BCUT2D eigenvalue weighted by Crippen LogP contribution is -2.13. The Balaban J connectivity index is 2.00. The predicted octanol–water partition coefficient (Wildman–Crippen LogP) is 4.25. The number of hydrogen-bond acceptors (Lipinski definition) is 5. The zero-order valence-electron chi connectivity index (χ0n) is 14.0. The van der Waals surface area contributed by atoms with E-state index in [1.54, 1.807) is 24.3 Å². The largest absolute Gasteiger partial charge is 0.478 e. The summed E-state index contributed by atoms with van der Waals surface area (Å²) in [6.07, 6.45) is 1.17. The van der Waals surface area contributed by atoms with Gasteiger partial charge in [0.15, 0.2) is 18.1 Å². The standard InChI is InChI=1S/C18H17ClN2O5/c1-2-3-18(23)20-14-7-4-12(5-8-14)16(22)11-26-17-9-6-13(19)10-15(17)21(24)25/h4-10H,2-3,11H2,1H3,(H,20,23). The summed E-state index contributed by atoms with van der Waals surface area (Å²) in [6, 6.07) is 10.3. The first-order chi connectivity index (χ1) is 12.4. The minimum absolute atomic E-state index is 0.0313. The van der Waals surface area contributed by atoms with Crippen LogP contribution >= 0.6 is 11.6 Å². The molecular weight excluding hydrogens is 360 g/mol. The molecule has 0 radical (unpaired) electrons. The zero-order valence-corrected chi connectivity index (χ0v) is 14.8. The number of rotatable bonds is 8. The number of nitro benzene ring substituents is 1. The molecule has 8 heteroatoms. The Hall–Kier alpha value is -2.93. The zero-order chi connectivity index (χ0) is 19.1. The number of ether oxygens (including phenoxy) is 1. The van der Waals surface area contributed by atoms with Crippen molar-refractivity contribution in [2.45, 2.75) is 19.8 Å². The molecule has 0 aliphatic carbocycles. The summed E-state index contributed by atoms with van der Waals surface area (Å²) in [5, 5.41) is 13.9. The van der Waals surface area contributed by atoms with Crippen LogP contribution in [0.2, 0.25) is 5.02 Å². The Bertz CT molecular complexity index is 821. The average molecular weight is 377 g/mol. The van der Waals surface area contributed by atoms with Gasteiger partial charge in [0.1, 0.15) is 0 Å². The number of carbonyl (C=O) groups excluding carboxylic acids is 2. The van der Waals surface area contributed by atoms with E-state index in [0.717, 1.165) is 12.5 Å². The van der Waals surface area contributed by atoms with Crippen LogP contribution in [0.15, 0.2) is 42.5 Å². The third kappa shape index (κ3) is 5.29. The fourth-order valence-corrected chi connectivity index (χ4v) is 2.34. The van der Waals surface area contributed by atoms with Crippen molar-refractivity contribution in [3.05, 3.63) is 63.2 Å². The number of nitro groups is 1. The van der Waals surface area contributed by atoms with Crippen LogP contribution < -0.4 is 10.1 Å². The molecule has 1 amide bonds. The molecule has 2 rings (SSSR count). The van der Waals surface area contributed by atoms with Crippen LogP contribution in [0.5, 0.6) is 5.75 Å². The lowest BCUT2D eigenvalue weighted by Gasteiger charge is -2.08. The molecule has 136 valence electrons. The fourth-order valence-electron chi connectivity index (χ4n) is 2.17. The SMILES string of the molecule is CCCC(=O)Nc1ccc(C(=O)COc2ccc(Cl)cc2[N+](=O)[O-])cc1. The van der Waals surface area contributed by atoms with Crippen LogP contribution in [0.1, 0.15) is 30.1 Å². The van der Waals surface area contributed by atoms with Crippen molar-refractivity contribution >= 4 is 34.7 Å². The molecule has 0 aliphatic rings. The topological polar surface area (TPSA) is 98.5 Å². The molecule has 0 spiro atoms. The van der Waals surface area contributed by atoms with Crippen molar-refractivity contribution < 1.29 is 19.2 Å². The lowest BCUT2D eigenvalue weighted by molar-refractivity contribution is -0.385. The predicted molar refractivity (Wildman–Crippen MR) is 97.9 cm³/mol. The highest BCUT2D eigenvalue weighted by atomic mass is 35.5. The number of anilines is 1. The van der Waals surface area contributed by atoms with E-state index in [0.29, 0.717) is 17.7 Å². The Kier molecular flexibility index (Phi) is 6.68. The summed E-state index contributed by atoms with van der Waals surface area (Å²) in [4.78, 5) is 34.1. The van der Waals surface area contributed by atoms with Crippen molar-refractivity contribution in [1.29, 1.82) is 0 Å². The average Bonchev–Trinajstić information content (AvgIpc) is 2.61. The maximum atomic E-state index is 12.2. The van der Waals surface area contributed by atoms with E-state index in [-0.39, 0.29) is 34.8 Å². The Morgan fingerprint density at radius 1 is 1.19 bits per heavy atom. The fraction of sp³-hybridized carbons (Fsp3) is 0.222. The summed E-state index contributed by atoms with van der Waals surface area (Å²) in [5.41, 5.74) is 0.656. The number of halogens is 1. The van der Waals surface area contributed by atoms with Crippen LogP contribution in [-0.2, 0) is 4.79 Å². The second kappa shape index (κ2) is 8.96. The van der Waals surface area contributed by atoms with E-state index >= 15 is 0 Å². The van der Waals surface area contributed by atoms with E-state index in [4.69, 9.17) is 16.3 Å². The van der Waals surface area contributed by atoms with Crippen molar-refractivity contribution in [3.8, 4) is 5.75 Å². The van der Waals surface area contributed by atoms with E-state index in [1.807, 2.05) is 6.92 Å².